The molecule has 1 N–H and O–H groups in total. The van der Waals surface area contributed by atoms with Gasteiger partial charge in [-0.1, -0.05) is 29.8 Å². The van der Waals surface area contributed by atoms with E-state index in [-0.39, 0.29) is 11.7 Å². The van der Waals surface area contributed by atoms with Crippen molar-refractivity contribution in [3.8, 4) is 5.75 Å². The van der Waals surface area contributed by atoms with Crippen molar-refractivity contribution >= 4 is 5.91 Å². The van der Waals surface area contributed by atoms with Gasteiger partial charge in [0.15, 0.2) is 6.10 Å². The predicted molar refractivity (Wildman–Crippen MR) is 79.5 cm³/mol. The fourth-order valence-electron chi connectivity index (χ4n) is 1.81. The van der Waals surface area contributed by atoms with Crippen LogP contribution in [0.3, 0.4) is 0 Å². The minimum Gasteiger partial charge on any atom is -0.481 e. The number of hydrogen-bond donors (Lipinski definition) is 1. The van der Waals surface area contributed by atoms with Crippen LogP contribution in [0.2, 0.25) is 0 Å². The van der Waals surface area contributed by atoms with Crippen LogP contribution in [0.1, 0.15) is 18.1 Å². The third-order valence-corrected chi connectivity index (χ3v) is 3.08. The highest BCUT2D eigenvalue weighted by molar-refractivity contribution is 5.80. The van der Waals surface area contributed by atoms with Crippen LogP contribution >= 0.6 is 0 Å². The van der Waals surface area contributed by atoms with Gasteiger partial charge in [0.05, 0.1) is 0 Å². The van der Waals surface area contributed by atoms with E-state index >= 15 is 0 Å². The Bertz CT molecular complexity index is 593. The van der Waals surface area contributed by atoms with Crippen molar-refractivity contribution in [2.24, 2.45) is 0 Å². The molecule has 2 rings (SSSR count). The van der Waals surface area contributed by atoms with Crippen molar-refractivity contribution in [1.29, 1.82) is 0 Å². The first-order chi connectivity index (χ1) is 10.0. The number of aryl methyl sites for hydroxylation is 1. The van der Waals surface area contributed by atoms with E-state index in [1.807, 2.05) is 31.2 Å². The zero-order valence-electron chi connectivity index (χ0n) is 12.1. The molecule has 3 nitrogen and oxygen atoms in total. The minimum absolute atomic E-state index is 0.208. The number of hydrogen-bond acceptors (Lipinski definition) is 2. The summed E-state index contributed by atoms with van der Waals surface area (Å²) in [5.41, 5.74) is 2.21. The molecule has 1 amide bonds. The van der Waals surface area contributed by atoms with E-state index in [1.54, 1.807) is 6.92 Å². The van der Waals surface area contributed by atoms with Crippen LogP contribution < -0.4 is 10.1 Å². The second-order valence-corrected chi connectivity index (χ2v) is 4.92. The first kappa shape index (κ1) is 15.0. The number of halogens is 1. The third-order valence-electron chi connectivity index (χ3n) is 3.08. The van der Waals surface area contributed by atoms with Crippen LogP contribution in [0.15, 0.2) is 48.5 Å². The summed E-state index contributed by atoms with van der Waals surface area (Å²) in [4.78, 5) is 11.9. The molecule has 21 heavy (non-hydrogen) atoms. The summed E-state index contributed by atoms with van der Waals surface area (Å²) in [5.74, 6) is -0.0758. The van der Waals surface area contributed by atoms with Gasteiger partial charge in [-0.15, -0.1) is 0 Å². The quantitative estimate of drug-likeness (QED) is 0.917. The Hall–Kier alpha value is -2.36. The molecular formula is C17H18FNO2. The lowest BCUT2D eigenvalue weighted by Gasteiger charge is -2.14. The lowest BCUT2D eigenvalue weighted by molar-refractivity contribution is -0.127. The maximum absolute atomic E-state index is 12.8. The van der Waals surface area contributed by atoms with E-state index in [9.17, 15) is 9.18 Å². The number of amides is 1. The van der Waals surface area contributed by atoms with E-state index in [1.165, 1.54) is 29.8 Å². The number of nitrogens with one attached hydrogen (secondary N) is 1. The Kier molecular flexibility index (Phi) is 4.93. The number of rotatable bonds is 5. The first-order valence-electron chi connectivity index (χ1n) is 6.80. The molecule has 2 aromatic rings. The third kappa shape index (κ3) is 4.60. The van der Waals surface area contributed by atoms with Crippen molar-refractivity contribution in [3.63, 3.8) is 0 Å². The highest BCUT2D eigenvalue weighted by Crippen LogP contribution is 2.13. The number of ether oxygens (including phenoxy) is 1. The van der Waals surface area contributed by atoms with Gasteiger partial charge in [-0.25, -0.2) is 4.39 Å². The van der Waals surface area contributed by atoms with E-state index < -0.39 is 6.10 Å². The normalized spacial score (nSPS) is 11.8. The maximum Gasteiger partial charge on any atom is 0.261 e. The van der Waals surface area contributed by atoms with Crippen LogP contribution in [-0.4, -0.2) is 12.0 Å². The molecule has 1 atom stereocenters. The molecule has 2 aromatic carbocycles. The molecule has 0 aromatic heterocycles. The molecule has 0 saturated carbocycles. The topological polar surface area (TPSA) is 38.3 Å². The highest BCUT2D eigenvalue weighted by Gasteiger charge is 2.14. The molecule has 4 heteroatoms. The number of carbonyl (C=O) groups excluding carboxylic acids is 1. The summed E-state index contributed by atoms with van der Waals surface area (Å²) < 4.78 is 18.2. The molecule has 110 valence electrons. The highest BCUT2D eigenvalue weighted by atomic mass is 19.1. The standard InChI is InChI=1S/C17H18FNO2/c1-12-3-5-14(6-4-12)11-19-17(20)13(2)21-16-9-7-15(18)8-10-16/h3-10,13H,11H2,1-2H3,(H,19,20). The van der Waals surface area contributed by atoms with Crippen LogP contribution in [0.4, 0.5) is 4.39 Å². The van der Waals surface area contributed by atoms with Gasteiger partial charge in [-0.3, -0.25) is 4.79 Å². The van der Waals surface area contributed by atoms with Crippen LogP contribution in [0.25, 0.3) is 0 Å². The maximum atomic E-state index is 12.8. The minimum atomic E-state index is -0.638. The molecule has 0 fully saturated rings. The van der Waals surface area contributed by atoms with Crippen molar-refractivity contribution in [3.05, 3.63) is 65.5 Å². The predicted octanol–water partition coefficient (Wildman–Crippen LogP) is 3.22. The smallest absolute Gasteiger partial charge is 0.261 e. The van der Waals surface area contributed by atoms with E-state index in [0.717, 1.165) is 5.56 Å². The van der Waals surface area contributed by atoms with Gasteiger partial charge in [0.2, 0.25) is 0 Å². The van der Waals surface area contributed by atoms with Crippen molar-refractivity contribution in [2.45, 2.75) is 26.5 Å². The van der Waals surface area contributed by atoms with Gasteiger partial charge in [0, 0.05) is 6.54 Å². The monoisotopic (exact) mass is 287 g/mol. The van der Waals surface area contributed by atoms with Gasteiger partial charge in [0.1, 0.15) is 11.6 Å². The van der Waals surface area contributed by atoms with E-state index in [2.05, 4.69) is 5.32 Å². The fraction of sp³-hybridized carbons (Fsp3) is 0.235. The molecule has 0 bridgehead atoms. The van der Waals surface area contributed by atoms with Gasteiger partial charge in [-0.05, 0) is 43.7 Å². The van der Waals surface area contributed by atoms with Gasteiger partial charge in [0.25, 0.3) is 5.91 Å². The van der Waals surface area contributed by atoms with Crippen molar-refractivity contribution in [1.82, 2.24) is 5.32 Å². The van der Waals surface area contributed by atoms with Crippen LogP contribution in [0, 0.1) is 12.7 Å². The van der Waals surface area contributed by atoms with Crippen molar-refractivity contribution in [2.75, 3.05) is 0 Å². The summed E-state index contributed by atoms with van der Waals surface area (Å²) >= 11 is 0. The Morgan fingerprint density at radius 1 is 1.14 bits per heavy atom. The SMILES string of the molecule is Cc1ccc(CNC(=O)C(C)Oc2ccc(F)cc2)cc1. The zero-order chi connectivity index (χ0) is 15.2. The van der Waals surface area contributed by atoms with Gasteiger partial charge < -0.3 is 10.1 Å². The Morgan fingerprint density at radius 3 is 2.38 bits per heavy atom. The molecule has 0 radical (unpaired) electrons. The summed E-state index contributed by atoms with van der Waals surface area (Å²) in [5, 5.41) is 2.81. The molecule has 0 aliphatic carbocycles. The number of benzene rings is 2. The molecule has 0 aliphatic heterocycles. The van der Waals surface area contributed by atoms with Crippen molar-refractivity contribution < 1.29 is 13.9 Å². The first-order valence-corrected chi connectivity index (χ1v) is 6.80. The lowest BCUT2D eigenvalue weighted by atomic mass is 10.1. The molecule has 0 heterocycles. The summed E-state index contributed by atoms with van der Waals surface area (Å²) in [6.45, 7) is 4.13. The Balaban J connectivity index is 1.84. The van der Waals surface area contributed by atoms with Crippen LogP contribution in [0.5, 0.6) is 5.75 Å². The Labute approximate surface area is 123 Å². The fourth-order valence-corrected chi connectivity index (χ4v) is 1.81. The van der Waals surface area contributed by atoms with Gasteiger partial charge >= 0.3 is 0 Å². The lowest BCUT2D eigenvalue weighted by Crippen LogP contribution is -2.35. The van der Waals surface area contributed by atoms with E-state index in [4.69, 9.17) is 4.74 Å². The van der Waals surface area contributed by atoms with Gasteiger partial charge in [-0.2, -0.15) is 0 Å². The molecule has 1 unspecified atom stereocenters. The largest absolute Gasteiger partial charge is 0.481 e. The van der Waals surface area contributed by atoms with E-state index in [0.29, 0.717) is 12.3 Å². The Morgan fingerprint density at radius 2 is 1.76 bits per heavy atom. The number of carbonyl (C=O) groups is 1. The zero-order valence-corrected chi connectivity index (χ0v) is 12.1. The molecule has 0 spiro atoms. The van der Waals surface area contributed by atoms with Crippen LogP contribution in [-0.2, 0) is 11.3 Å². The summed E-state index contributed by atoms with van der Waals surface area (Å²) in [7, 11) is 0. The average Bonchev–Trinajstić information content (AvgIpc) is 2.48. The summed E-state index contributed by atoms with van der Waals surface area (Å²) in [6.07, 6.45) is -0.638. The summed E-state index contributed by atoms with van der Waals surface area (Å²) in [6, 6.07) is 13.5. The molecule has 0 saturated heterocycles. The molecule has 0 aliphatic rings. The second-order valence-electron chi connectivity index (χ2n) is 4.92. The second kappa shape index (κ2) is 6.88. The average molecular weight is 287 g/mol. The molecular weight excluding hydrogens is 269 g/mol.